The molecule has 0 aliphatic carbocycles. The first-order valence-corrected chi connectivity index (χ1v) is 11.2. The maximum absolute atomic E-state index is 13.6. The number of anilines is 2. The number of nitrogens with zero attached hydrogens (tertiary/aromatic N) is 2. The number of carbonyl (C=O) groups is 3. The zero-order valence-electron chi connectivity index (χ0n) is 17.9. The van der Waals surface area contributed by atoms with Crippen molar-refractivity contribution in [3.8, 4) is 0 Å². The number of hydrogen-bond donors (Lipinski definition) is 0. The number of methoxy groups -OCH3 is 1. The summed E-state index contributed by atoms with van der Waals surface area (Å²) in [7, 11) is 1.28. The molecule has 172 valence electrons. The number of benzene rings is 3. The van der Waals surface area contributed by atoms with Gasteiger partial charge in [0.2, 0.25) is 5.91 Å². The van der Waals surface area contributed by atoms with Crippen LogP contribution in [0.2, 0.25) is 10.0 Å². The first-order valence-electron chi connectivity index (χ1n) is 10.4. The summed E-state index contributed by atoms with van der Waals surface area (Å²) in [6.07, 6.45) is -1.04. The molecule has 0 spiro atoms. The van der Waals surface area contributed by atoms with Crippen LogP contribution < -0.4 is 9.96 Å². The molecule has 0 aromatic heterocycles. The molecular weight excluding hydrogens is 479 g/mol. The number of para-hydroxylation sites is 1. The van der Waals surface area contributed by atoms with E-state index in [1.165, 1.54) is 31.4 Å². The van der Waals surface area contributed by atoms with Crippen molar-refractivity contribution in [2.24, 2.45) is 5.92 Å². The lowest BCUT2D eigenvalue weighted by atomic mass is 9.90. The van der Waals surface area contributed by atoms with E-state index in [-0.39, 0.29) is 0 Å². The van der Waals surface area contributed by atoms with Gasteiger partial charge in [0, 0.05) is 10.0 Å². The van der Waals surface area contributed by atoms with Crippen LogP contribution in [0.25, 0.3) is 0 Å². The van der Waals surface area contributed by atoms with Crippen molar-refractivity contribution in [2.75, 3.05) is 17.1 Å². The summed E-state index contributed by atoms with van der Waals surface area (Å²) in [5.41, 5.74) is 1.95. The fraction of sp³-hybridized carbons (Fsp3) is 0.160. The Balaban J connectivity index is 1.55. The molecule has 0 bridgehead atoms. The zero-order chi connectivity index (χ0) is 24.0. The third-order valence-electron chi connectivity index (χ3n) is 5.95. The Bertz CT molecular complexity index is 1280. The van der Waals surface area contributed by atoms with Gasteiger partial charge in [-0.25, -0.2) is 14.8 Å². The average Bonchev–Trinajstić information content (AvgIpc) is 3.35. The molecule has 0 N–H and O–H groups in total. The van der Waals surface area contributed by atoms with E-state index in [0.717, 1.165) is 4.90 Å². The molecule has 2 saturated heterocycles. The Morgan fingerprint density at radius 2 is 1.62 bits per heavy atom. The van der Waals surface area contributed by atoms with Crippen LogP contribution in [0, 0.1) is 5.92 Å². The van der Waals surface area contributed by atoms with Crippen molar-refractivity contribution in [1.29, 1.82) is 0 Å². The Kier molecular flexibility index (Phi) is 5.77. The predicted molar refractivity (Wildman–Crippen MR) is 127 cm³/mol. The van der Waals surface area contributed by atoms with E-state index in [0.29, 0.717) is 32.5 Å². The van der Waals surface area contributed by atoms with Crippen LogP contribution >= 0.6 is 23.2 Å². The number of amides is 2. The minimum absolute atomic E-state index is 0.308. The van der Waals surface area contributed by atoms with Crippen LogP contribution in [0.5, 0.6) is 0 Å². The monoisotopic (exact) mass is 496 g/mol. The SMILES string of the molecule is COC(=O)c1ccc(N2C(=O)[C@H]3[C@H](ON(c4ccccc4)[C@@H]3c3ccc(Cl)cc3Cl)C2=O)cc1. The molecule has 2 aliphatic rings. The second-order valence-corrected chi connectivity index (χ2v) is 8.72. The van der Waals surface area contributed by atoms with E-state index in [1.807, 2.05) is 30.3 Å². The highest BCUT2D eigenvalue weighted by Gasteiger charge is 2.60. The zero-order valence-corrected chi connectivity index (χ0v) is 19.4. The van der Waals surface area contributed by atoms with Crippen molar-refractivity contribution < 1.29 is 24.0 Å². The van der Waals surface area contributed by atoms with Gasteiger partial charge in [-0.1, -0.05) is 47.5 Å². The lowest BCUT2D eigenvalue weighted by Crippen LogP contribution is -2.37. The largest absolute Gasteiger partial charge is 0.465 e. The van der Waals surface area contributed by atoms with Gasteiger partial charge in [0.1, 0.15) is 5.92 Å². The lowest BCUT2D eigenvalue weighted by Gasteiger charge is -2.29. The number of hydroxylamine groups is 1. The minimum Gasteiger partial charge on any atom is -0.465 e. The van der Waals surface area contributed by atoms with Gasteiger partial charge < -0.3 is 4.74 Å². The van der Waals surface area contributed by atoms with E-state index in [2.05, 4.69) is 0 Å². The van der Waals surface area contributed by atoms with Gasteiger partial charge in [-0.05, 0) is 54.1 Å². The van der Waals surface area contributed by atoms with Gasteiger partial charge in [0.25, 0.3) is 5.91 Å². The third kappa shape index (κ3) is 3.62. The number of fused-ring (bicyclic) bond motifs is 1. The summed E-state index contributed by atoms with van der Waals surface area (Å²) >= 11 is 12.6. The maximum Gasteiger partial charge on any atom is 0.337 e. The second kappa shape index (κ2) is 8.76. The minimum atomic E-state index is -1.04. The molecule has 2 fully saturated rings. The fourth-order valence-electron chi connectivity index (χ4n) is 4.39. The van der Waals surface area contributed by atoms with Crippen molar-refractivity contribution in [1.82, 2.24) is 0 Å². The number of imide groups is 1. The predicted octanol–water partition coefficient (Wildman–Crippen LogP) is 4.83. The van der Waals surface area contributed by atoms with Crippen LogP contribution in [0.1, 0.15) is 22.0 Å². The molecule has 2 amide bonds. The van der Waals surface area contributed by atoms with Gasteiger partial charge in [-0.2, -0.15) is 0 Å². The average molecular weight is 497 g/mol. The number of ether oxygens (including phenoxy) is 1. The van der Waals surface area contributed by atoms with Crippen molar-refractivity contribution >= 4 is 52.4 Å². The van der Waals surface area contributed by atoms with E-state index >= 15 is 0 Å². The highest BCUT2D eigenvalue weighted by atomic mass is 35.5. The number of halogens is 2. The highest BCUT2D eigenvalue weighted by molar-refractivity contribution is 6.35. The lowest BCUT2D eigenvalue weighted by molar-refractivity contribution is -0.126. The van der Waals surface area contributed by atoms with Crippen LogP contribution in [-0.4, -0.2) is 31.0 Å². The van der Waals surface area contributed by atoms with E-state index in [1.54, 1.807) is 23.3 Å². The Morgan fingerprint density at radius 1 is 0.912 bits per heavy atom. The fourth-order valence-corrected chi connectivity index (χ4v) is 4.91. The van der Waals surface area contributed by atoms with Crippen molar-refractivity contribution in [3.63, 3.8) is 0 Å². The molecular formula is C25H18Cl2N2O5. The highest BCUT2D eigenvalue weighted by Crippen LogP contribution is 2.49. The molecule has 3 aromatic rings. The summed E-state index contributed by atoms with van der Waals surface area (Å²) in [6.45, 7) is 0. The molecule has 0 radical (unpaired) electrons. The molecule has 0 saturated carbocycles. The maximum atomic E-state index is 13.6. The van der Waals surface area contributed by atoms with Crippen LogP contribution in [0.4, 0.5) is 11.4 Å². The van der Waals surface area contributed by atoms with Crippen LogP contribution in [0.3, 0.4) is 0 Å². The number of carbonyl (C=O) groups excluding carboxylic acids is 3. The Hall–Kier alpha value is -3.39. The van der Waals surface area contributed by atoms with Gasteiger partial charge in [-0.3, -0.25) is 14.4 Å². The summed E-state index contributed by atoms with van der Waals surface area (Å²) in [6, 6.07) is 19.6. The smallest absolute Gasteiger partial charge is 0.337 e. The number of esters is 1. The first-order chi connectivity index (χ1) is 16.4. The van der Waals surface area contributed by atoms with E-state index < -0.39 is 35.8 Å². The van der Waals surface area contributed by atoms with E-state index in [9.17, 15) is 14.4 Å². The van der Waals surface area contributed by atoms with Gasteiger partial charge >= 0.3 is 5.97 Å². The topological polar surface area (TPSA) is 76.2 Å². The molecule has 2 heterocycles. The Morgan fingerprint density at radius 3 is 2.26 bits per heavy atom. The van der Waals surface area contributed by atoms with Crippen LogP contribution in [0.15, 0.2) is 72.8 Å². The van der Waals surface area contributed by atoms with Gasteiger partial charge in [-0.15, -0.1) is 0 Å². The van der Waals surface area contributed by atoms with E-state index in [4.69, 9.17) is 32.8 Å². The van der Waals surface area contributed by atoms with Crippen molar-refractivity contribution in [2.45, 2.75) is 12.1 Å². The molecule has 0 unspecified atom stereocenters. The summed E-state index contributed by atoms with van der Waals surface area (Å²) in [5, 5.41) is 2.39. The molecule has 9 heteroatoms. The summed E-state index contributed by atoms with van der Waals surface area (Å²) in [5.74, 6) is -2.27. The molecule has 3 atom stereocenters. The molecule has 7 nitrogen and oxygen atoms in total. The second-order valence-electron chi connectivity index (χ2n) is 7.87. The molecule has 3 aromatic carbocycles. The van der Waals surface area contributed by atoms with Gasteiger partial charge in [0.15, 0.2) is 6.10 Å². The van der Waals surface area contributed by atoms with Crippen molar-refractivity contribution in [3.05, 3.63) is 94.0 Å². The third-order valence-corrected chi connectivity index (χ3v) is 6.52. The molecule has 34 heavy (non-hydrogen) atoms. The summed E-state index contributed by atoms with van der Waals surface area (Å²) < 4.78 is 4.71. The van der Waals surface area contributed by atoms with Gasteiger partial charge in [0.05, 0.1) is 30.1 Å². The standard InChI is InChI=1S/C25H18Cl2N2O5/c1-33-25(32)14-7-10-16(11-8-14)28-23(30)20-21(18-12-9-15(26)13-19(18)27)29(34-22(20)24(28)31)17-5-3-2-4-6-17/h2-13,20-22H,1H3/t20-,21-,22+/m1/s1. The molecule has 2 aliphatic heterocycles. The molecule has 5 rings (SSSR count). The summed E-state index contributed by atoms with van der Waals surface area (Å²) in [4.78, 5) is 46.0. The number of hydrogen-bond acceptors (Lipinski definition) is 6. The normalized spacial score (nSPS) is 21.7. The van der Waals surface area contributed by atoms with Crippen LogP contribution in [-0.2, 0) is 19.2 Å². The Labute approximate surface area is 205 Å². The quantitative estimate of drug-likeness (QED) is 0.380. The number of rotatable bonds is 4. The first kappa shape index (κ1) is 22.4.